The summed E-state index contributed by atoms with van der Waals surface area (Å²) in [5, 5.41) is 23.1. The van der Waals surface area contributed by atoms with E-state index in [1.807, 2.05) is 0 Å². The Bertz CT molecular complexity index is 511. The van der Waals surface area contributed by atoms with Gasteiger partial charge in [0.25, 0.3) is 5.91 Å². The van der Waals surface area contributed by atoms with Crippen molar-refractivity contribution in [2.24, 2.45) is 0 Å². The van der Waals surface area contributed by atoms with E-state index >= 15 is 0 Å². The molecule has 0 saturated carbocycles. The molecule has 0 radical (unpaired) electrons. The van der Waals surface area contributed by atoms with E-state index in [2.05, 4.69) is 10.3 Å². The summed E-state index contributed by atoms with van der Waals surface area (Å²) in [7, 11) is 0. The fraction of sp³-hybridized carbons (Fsp3) is 0. The number of benzene rings is 1. The molecule has 0 bridgehead atoms. The van der Waals surface area contributed by atoms with Gasteiger partial charge in [-0.3, -0.25) is 4.79 Å². The summed E-state index contributed by atoms with van der Waals surface area (Å²) in [6.45, 7) is 0. The van der Waals surface area contributed by atoms with Gasteiger partial charge in [-0.25, -0.2) is 4.98 Å². The summed E-state index contributed by atoms with van der Waals surface area (Å²) in [4.78, 5) is 15.4. The number of anilines is 1. The van der Waals surface area contributed by atoms with Crippen LogP contribution in [0.1, 0.15) is 9.80 Å². The lowest BCUT2D eigenvalue weighted by atomic mass is 10.2. The van der Waals surface area contributed by atoms with E-state index in [0.717, 1.165) is 0 Å². The molecule has 0 unspecified atom stereocenters. The van der Waals surface area contributed by atoms with Crippen LogP contribution in [0.4, 0.5) is 5.69 Å². The SMILES string of the molecule is O=C(Nc1cccc(O)c1O)c1nccs1. The van der Waals surface area contributed by atoms with Gasteiger partial charge in [0.1, 0.15) is 0 Å². The van der Waals surface area contributed by atoms with Gasteiger partial charge in [0.15, 0.2) is 16.5 Å². The number of nitrogens with zero attached hydrogens (tertiary/aromatic N) is 1. The zero-order chi connectivity index (χ0) is 11.5. The number of para-hydroxylation sites is 1. The molecule has 0 aliphatic rings. The van der Waals surface area contributed by atoms with E-state index in [-0.39, 0.29) is 17.2 Å². The van der Waals surface area contributed by atoms with Gasteiger partial charge in [-0.1, -0.05) is 6.07 Å². The molecule has 82 valence electrons. The van der Waals surface area contributed by atoms with Crippen molar-refractivity contribution in [3.63, 3.8) is 0 Å². The van der Waals surface area contributed by atoms with Gasteiger partial charge >= 0.3 is 0 Å². The lowest BCUT2D eigenvalue weighted by Crippen LogP contribution is -2.11. The van der Waals surface area contributed by atoms with E-state index in [1.54, 1.807) is 5.38 Å². The smallest absolute Gasteiger partial charge is 0.284 e. The van der Waals surface area contributed by atoms with Gasteiger partial charge in [0, 0.05) is 11.6 Å². The topological polar surface area (TPSA) is 82.5 Å². The molecule has 3 N–H and O–H groups in total. The number of carbonyl (C=O) groups is 1. The van der Waals surface area contributed by atoms with Gasteiger partial charge in [-0.05, 0) is 12.1 Å². The zero-order valence-corrected chi connectivity index (χ0v) is 8.86. The third kappa shape index (κ3) is 1.96. The number of phenols is 2. The lowest BCUT2D eigenvalue weighted by Gasteiger charge is -2.06. The molecule has 2 aromatic rings. The number of thiazole rings is 1. The van der Waals surface area contributed by atoms with Crippen molar-refractivity contribution in [2.75, 3.05) is 5.32 Å². The molecule has 16 heavy (non-hydrogen) atoms. The highest BCUT2D eigenvalue weighted by molar-refractivity contribution is 7.11. The first-order valence-electron chi connectivity index (χ1n) is 4.40. The van der Waals surface area contributed by atoms with Crippen LogP contribution >= 0.6 is 11.3 Å². The van der Waals surface area contributed by atoms with Crippen LogP contribution in [0.15, 0.2) is 29.8 Å². The van der Waals surface area contributed by atoms with Crippen LogP contribution in [0, 0.1) is 0 Å². The Labute approximate surface area is 95.0 Å². The molecule has 1 amide bonds. The van der Waals surface area contributed by atoms with Crippen molar-refractivity contribution in [1.82, 2.24) is 4.98 Å². The van der Waals surface area contributed by atoms with E-state index < -0.39 is 5.91 Å². The number of aromatic hydroxyl groups is 2. The number of amides is 1. The van der Waals surface area contributed by atoms with Gasteiger partial charge < -0.3 is 15.5 Å². The summed E-state index contributed by atoms with van der Waals surface area (Å²) >= 11 is 1.19. The molecule has 0 aliphatic carbocycles. The molecule has 1 heterocycles. The lowest BCUT2D eigenvalue weighted by molar-refractivity contribution is 0.102. The Hall–Kier alpha value is -2.08. The second-order valence-corrected chi connectivity index (χ2v) is 3.86. The number of carbonyl (C=O) groups excluding carboxylic acids is 1. The Morgan fingerprint density at radius 2 is 2.19 bits per heavy atom. The van der Waals surface area contributed by atoms with Crippen LogP contribution in [-0.4, -0.2) is 21.1 Å². The predicted molar refractivity (Wildman–Crippen MR) is 59.8 cm³/mol. The highest BCUT2D eigenvalue weighted by Crippen LogP contribution is 2.32. The Kier molecular flexibility index (Phi) is 2.74. The summed E-state index contributed by atoms with van der Waals surface area (Å²) < 4.78 is 0. The molecule has 0 spiro atoms. The van der Waals surface area contributed by atoms with Crippen LogP contribution in [0.25, 0.3) is 0 Å². The average Bonchev–Trinajstić information content (AvgIpc) is 2.78. The number of hydrogen-bond acceptors (Lipinski definition) is 5. The molecule has 1 aromatic heterocycles. The second-order valence-electron chi connectivity index (χ2n) is 2.96. The fourth-order valence-corrected chi connectivity index (χ4v) is 1.67. The highest BCUT2D eigenvalue weighted by atomic mass is 32.1. The molecule has 0 aliphatic heterocycles. The maximum absolute atomic E-state index is 11.6. The number of nitrogens with one attached hydrogen (secondary N) is 1. The predicted octanol–water partition coefficient (Wildman–Crippen LogP) is 1.81. The van der Waals surface area contributed by atoms with Crippen LogP contribution in [-0.2, 0) is 0 Å². The normalized spacial score (nSPS) is 10.0. The summed E-state index contributed by atoms with van der Waals surface area (Å²) in [6.07, 6.45) is 1.52. The van der Waals surface area contributed by atoms with Gasteiger partial charge in [-0.2, -0.15) is 0 Å². The van der Waals surface area contributed by atoms with Crippen LogP contribution < -0.4 is 5.32 Å². The second kappa shape index (κ2) is 4.19. The highest BCUT2D eigenvalue weighted by Gasteiger charge is 2.12. The minimum absolute atomic E-state index is 0.153. The Balaban J connectivity index is 2.22. The maximum Gasteiger partial charge on any atom is 0.284 e. The molecule has 0 saturated heterocycles. The Morgan fingerprint density at radius 3 is 2.88 bits per heavy atom. The first-order chi connectivity index (χ1) is 7.68. The fourth-order valence-electron chi connectivity index (χ4n) is 1.14. The summed E-state index contributed by atoms with van der Waals surface area (Å²) in [5.74, 6) is -1.06. The first-order valence-corrected chi connectivity index (χ1v) is 5.28. The van der Waals surface area contributed by atoms with Crippen LogP contribution in [0.3, 0.4) is 0 Å². The quantitative estimate of drug-likeness (QED) is 0.694. The third-order valence-corrected chi connectivity index (χ3v) is 2.66. The largest absolute Gasteiger partial charge is 0.504 e. The van der Waals surface area contributed by atoms with Gasteiger partial charge in [-0.15, -0.1) is 11.3 Å². The van der Waals surface area contributed by atoms with Crippen LogP contribution in [0.2, 0.25) is 0 Å². The average molecular weight is 236 g/mol. The van der Waals surface area contributed by atoms with Crippen molar-refractivity contribution >= 4 is 22.9 Å². The number of phenolic OH excluding ortho intramolecular Hbond substituents is 2. The van der Waals surface area contributed by atoms with Crippen LogP contribution in [0.5, 0.6) is 11.5 Å². The molecular formula is C10H8N2O3S. The van der Waals surface area contributed by atoms with E-state index in [0.29, 0.717) is 5.01 Å². The van der Waals surface area contributed by atoms with Crippen molar-refractivity contribution in [1.29, 1.82) is 0 Å². The maximum atomic E-state index is 11.6. The number of rotatable bonds is 2. The third-order valence-electron chi connectivity index (χ3n) is 1.89. The van der Waals surface area contributed by atoms with Crippen molar-refractivity contribution in [3.8, 4) is 11.5 Å². The van der Waals surface area contributed by atoms with E-state index in [9.17, 15) is 15.0 Å². The minimum atomic E-state index is -0.420. The Morgan fingerprint density at radius 1 is 1.38 bits per heavy atom. The monoisotopic (exact) mass is 236 g/mol. The molecular weight excluding hydrogens is 228 g/mol. The summed E-state index contributed by atoms with van der Waals surface area (Å²) in [6, 6.07) is 4.33. The molecule has 5 nitrogen and oxygen atoms in total. The van der Waals surface area contributed by atoms with E-state index in [4.69, 9.17) is 0 Å². The number of aromatic nitrogens is 1. The number of hydrogen-bond donors (Lipinski definition) is 3. The van der Waals surface area contributed by atoms with Crippen molar-refractivity contribution in [2.45, 2.75) is 0 Å². The molecule has 0 atom stereocenters. The van der Waals surface area contributed by atoms with Crippen molar-refractivity contribution < 1.29 is 15.0 Å². The standard InChI is InChI=1S/C10H8N2O3S/c13-7-3-1-2-6(8(7)14)12-9(15)10-11-4-5-16-10/h1-5,13-14H,(H,12,15). The first kappa shape index (κ1) is 10.4. The molecule has 6 heteroatoms. The van der Waals surface area contributed by atoms with Gasteiger partial charge in [0.05, 0.1) is 5.69 Å². The van der Waals surface area contributed by atoms with Crippen molar-refractivity contribution in [3.05, 3.63) is 34.8 Å². The zero-order valence-electron chi connectivity index (χ0n) is 8.04. The molecule has 2 rings (SSSR count). The molecule has 0 fully saturated rings. The molecule has 1 aromatic carbocycles. The minimum Gasteiger partial charge on any atom is -0.504 e. The van der Waals surface area contributed by atoms with Gasteiger partial charge in [0.2, 0.25) is 0 Å². The summed E-state index contributed by atoms with van der Waals surface area (Å²) in [5.41, 5.74) is 0.153. The van der Waals surface area contributed by atoms with E-state index in [1.165, 1.54) is 35.7 Å².